The van der Waals surface area contributed by atoms with E-state index in [0.717, 1.165) is 0 Å². The third kappa shape index (κ3) is 6.53. The van der Waals surface area contributed by atoms with E-state index >= 15 is 0 Å². The molecule has 5 nitrogen and oxygen atoms in total. The van der Waals surface area contributed by atoms with Gasteiger partial charge >= 0.3 is 5.97 Å². The molecule has 4 N–H and O–H groups in total. The van der Waals surface area contributed by atoms with Crippen LogP contribution in [0.5, 0.6) is 0 Å². The molecule has 0 spiro atoms. The van der Waals surface area contributed by atoms with Crippen LogP contribution in [-0.2, 0) is 9.59 Å². The van der Waals surface area contributed by atoms with Gasteiger partial charge in [-0.3, -0.25) is 9.59 Å². The molecule has 0 radical (unpaired) electrons. The Balaban J connectivity index is 3.53. The lowest BCUT2D eigenvalue weighted by Crippen LogP contribution is -2.27. The number of carbonyl (C=O) groups excluding carboxylic acids is 1. The van der Waals surface area contributed by atoms with Crippen molar-refractivity contribution < 1.29 is 14.7 Å². The molecular formula is C6H10N2O3. The first-order valence-electron chi connectivity index (χ1n) is 3.03. The minimum atomic E-state index is -1.07. The molecule has 0 heterocycles. The van der Waals surface area contributed by atoms with E-state index in [9.17, 15) is 9.59 Å². The molecular weight excluding hydrogens is 148 g/mol. The minimum Gasteiger partial charge on any atom is -0.480 e. The molecule has 0 aromatic carbocycles. The van der Waals surface area contributed by atoms with E-state index in [1.165, 1.54) is 12.2 Å². The van der Waals surface area contributed by atoms with Gasteiger partial charge in [-0.05, 0) is 0 Å². The molecule has 0 fully saturated rings. The van der Waals surface area contributed by atoms with Crippen LogP contribution in [0.4, 0.5) is 0 Å². The SMILES string of the molecule is NC/C=C\C(=O)NCC(=O)O. The Labute approximate surface area is 63.9 Å². The molecule has 0 aliphatic carbocycles. The molecule has 0 unspecified atom stereocenters. The van der Waals surface area contributed by atoms with Crippen LogP contribution in [0.1, 0.15) is 0 Å². The van der Waals surface area contributed by atoms with Gasteiger partial charge in [0, 0.05) is 12.6 Å². The Hall–Kier alpha value is -1.36. The van der Waals surface area contributed by atoms with Crippen LogP contribution >= 0.6 is 0 Å². The van der Waals surface area contributed by atoms with Gasteiger partial charge in [0.15, 0.2) is 0 Å². The first-order chi connectivity index (χ1) is 5.16. The largest absolute Gasteiger partial charge is 0.480 e. The van der Waals surface area contributed by atoms with E-state index in [1.807, 2.05) is 0 Å². The summed E-state index contributed by atoms with van der Waals surface area (Å²) in [6, 6.07) is 0. The van der Waals surface area contributed by atoms with Crippen molar-refractivity contribution >= 4 is 11.9 Å². The Kier molecular flexibility index (Phi) is 4.76. The molecule has 0 saturated carbocycles. The van der Waals surface area contributed by atoms with Gasteiger partial charge in [-0.2, -0.15) is 0 Å². The van der Waals surface area contributed by atoms with Gasteiger partial charge in [0.1, 0.15) is 6.54 Å². The molecule has 0 saturated heterocycles. The van der Waals surface area contributed by atoms with Crippen molar-refractivity contribution in [2.75, 3.05) is 13.1 Å². The van der Waals surface area contributed by atoms with Gasteiger partial charge in [-0.25, -0.2) is 0 Å². The first kappa shape index (κ1) is 9.64. The molecule has 0 aliphatic rings. The zero-order valence-corrected chi connectivity index (χ0v) is 5.91. The van der Waals surface area contributed by atoms with E-state index in [-0.39, 0.29) is 13.1 Å². The zero-order chi connectivity index (χ0) is 8.69. The zero-order valence-electron chi connectivity index (χ0n) is 5.91. The van der Waals surface area contributed by atoms with Gasteiger partial charge in [0.2, 0.25) is 5.91 Å². The average molecular weight is 158 g/mol. The highest BCUT2D eigenvalue weighted by atomic mass is 16.4. The maximum atomic E-state index is 10.6. The maximum Gasteiger partial charge on any atom is 0.322 e. The Bertz CT molecular complexity index is 177. The van der Waals surface area contributed by atoms with Gasteiger partial charge in [-0.15, -0.1) is 0 Å². The van der Waals surface area contributed by atoms with Crippen molar-refractivity contribution in [1.82, 2.24) is 5.32 Å². The van der Waals surface area contributed by atoms with Crippen LogP contribution in [0.15, 0.2) is 12.2 Å². The average Bonchev–Trinajstić information content (AvgIpc) is 1.97. The van der Waals surface area contributed by atoms with E-state index in [0.29, 0.717) is 0 Å². The van der Waals surface area contributed by atoms with Gasteiger partial charge in [0.25, 0.3) is 0 Å². The monoisotopic (exact) mass is 158 g/mol. The molecule has 0 aromatic heterocycles. The van der Waals surface area contributed by atoms with Crippen LogP contribution in [-0.4, -0.2) is 30.1 Å². The number of rotatable bonds is 4. The highest BCUT2D eigenvalue weighted by molar-refractivity contribution is 5.89. The molecule has 0 rings (SSSR count). The number of carboxylic acid groups (broad SMARTS) is 1. The van der Waals surface area contributed by atoms with E-state index in [2.05, 4.69) is 5.32 Å². The van der Waals surface area contributed by atoms with Crippen molar-refractivity contribution in [3.63, 3.8) is 0 Å². The van der Waals surface area contributed by atoms with Crippen molar-refractivity contribution in [1.29, 1.82) is 0 Å². The van der Waals surface area contributed by atoms with Gasteiger partial charge in [-0.1, -0.05) is 6.08 Å². The summed E-state index contributed by atoms with van der Waals surface area (Å²) < 4.78 is 0. The summed E-state index contributed by atoms with van der Waals surface area (Å²) in [5.41, 5.74) is 5.05. The Morgan fingerprint density at radius 1 is 1.55 bits per heavy atom. The molecule has 0 aromatic rings. The molecule has 0 bridgehead atoms. The number of carboxylic acids is 1. The summed E-state index contributed by atoms with van der Waals surface area (Å²) in [5.74, 6) is -1.52. The van der Waals surface area contributed by atoms with Crippen LogP contribution in [0.25, 0.3) is 0 Å². The van der Waals surface area contributed by atoms with Crippen molar-refractivity contribution in [2.24, 2.45) is 5.73 Å². The Morgan fingerprint density at radius 3 is 2.64 bits per heavy atom. The third-order valence-electron chi connectivity index (χ3n) is 0.819. The maximum absolute atomic E-state index is 10.6. The summed E-state index contributed by atoms with van der Waals surface area (Å²) in [6.07, 6.45) is 2.64. The quantitative estimate of drug-likeness (QED) is 0.443. The summed E-state index contributed by atoms with van der Waals surface area (Å²) in [5, 5.41) is 10.3. The first-order valence-corrected chi connectivity index (χ1v) is 3.03. The number of carbonyl (C=O) groups is 2. The molecule has 11 heavy (non-hydrogen) atoms. The summed E-state index contributed by atoms with van der Waals surface area (Å²) in [4.78, 5) is 20.5. The van der Waals surface area contributed by atoms with Crippen LogP contribution in [0, 0.1) is 0 Å². The van der Waals surface area contributed by atoms with E-state index in [4.69, 9.17) is 10.8 Å². The predicted octanol–water partition coefficient (Wildman–Crippen LogP) is -1.30. The fourth-order valence-corrected chi connectivity index (χ4v) is 0.397. The molecule has 1 amide bonds. The molecule has 0 atom stereocenters. The van der Waals surface area contributed by atoms with Crippen molar-refractivity contribution in [2.45, 2.75) is 0 Å². The fraction of sp³-hybridized carbons (Fsp3) is 0.333. The number of aliphatic carboxylic acids is 1. The van der Waals surface area contributed by atoms with Crippen LogP contribution in [0.2, 0.25) is 0 Å². The van der Waals surface area contributed by atoms with Crippen LogP contribution in [0.3, 0.4) is 0 Å². The highest BCUT2D eigenvalue weighted by Crippen LogP contribution is 1.70. The lowest BCUT2D eigenvalue weighted by molar-refractivity contribution is -0.137. The molecule has 0 aliphatic heterocycles. The van der Waals surface area contributed by atoms with E-state index < -0.39 is 11.9 Å². The standard InChI is InChI=1S/C6H10N2O3/c7-3-1-2-5(9)8-4-6(10)11/h1-2H,3-4,7H2,(H,8,9)(H,10,11)/b2-1-. The normalized spacial score (nSPS) is 9.91. The van der Waals surface area contributed by atoms with Crippen LogP contribution < -0.4 is 11.1 Å². The minimum absolute atomic E-state index is 0.264. The Morgan fingerprint density at radius 2 is 2.18 bits per heavy atom. The van der Waals surface area contributed by atoms with Crippen molar-refractivity contribution in [3.8, 4) is 0 Å². The smallest absolute Gasteiger partial charge is 0.322 e. The number of nitrogens with one attached hydrogen (secondary N) is 1. The summed E-state index contributed by atoms with van der Waals surface area (Å²) in [6.45, 7) is -0.103. The van der Waals surface area contributed by atoms with Gasteiger partial charge in [0.05, 0.1) is 0 Å². The molecule has 5 heteroatoms. The summed E-state index contributed by atoms with van der Waals surface area (Å²) >= 11 is 0. The predicted molar refractivity (Wildman–Crippen MR) is 38.8 cm³/mol. The number of hydrogen-bond acceptors (Lipinski definition) is 3. The lowest BCUT2D eigenvalue weighted by Gasteiger charge is -1.94. The lowest BCUT2D eigenvalue weighted by atomic mass is 10.4. The van der Waals surface area contributed by atoms with Crippen molar-refractivity contribution in [3.05, 3.63) is 12.2 Å². The second-order valence-corrected chi connectivity index (χ2v) is 1.75. The number of hydrogen-bond donors (Lipinski definition) is 3. The van der Waals surface area contributed by atoms with Gasteiger partial charge < -0.3 is 16.2 Å². The second kappa shape index (κ2) is 5.43. The van der Waals surface area contributed by atoms with E-state index in [1.54, 1.807) is 0 Å². The summed E-state index contributed by atoms with van der Waals surface area (Å²) in [7, 11) is 0. The molecule has 62 valence electrons. The number of nitrogens with two attached hydrogens (primary N) is 1. The second-order valence-electron chi connectivity index (χ2n) is 1.75. The topological polar surface area (TPSA) is 92.4 Å². The highest BCUT2D eigenvalue weighted by Gasteiger charge is 1.97. The third-order valence-corrected chi connectivity index (χ3v) is 0.819. The number of amides is 1. The fourth-order valence-electron chi connectivity index (χ4n) is 0.397.